The smallest absolute Gasteiger partial charge is 0.356 e. The minimum absolute atomic E-state index is 0.0322. The molecule has 2 unspecified atom stereocenters. The molecule has 1 aromatic heterocycles. The van der Waals surface area contributed by atoms with Gasteiger partial charge in [0.05, 0.1) is 11.9 Å². The summed E-state index contributed by atoms with van der Waals surface area (Å²) in [5, 5.41) is 9.26. The molecule has 1 aliphatic rings. The summed E-state index contributed by atoms with van der Waals surface area (Å²) in [5.41, 5.74) is 3.81. The maximum Gasteiger partial charge on any atom is 0.356 e. The summed E-state index contributed by atoms with van der Waals surface area (Å²) in [6.07, 6.45) is 5.87. The first-order valence-electron chi connectivity index (χ1n) is 10.0. The molecule has 5 nitrogen and oxygen atoms in total. The minimum Gasteiger partial charge on any atom is -0.489 e. The van der Waals surface area contributed by atoms with Crippen molar-refractivity contribution in [1.29, 1.82) is 0 Å². The first-order chi connectivity index (χ1) is 14.5. The summed E-state index contributed by atoms with van der Waals surface area (Å²) in [7, 11) is 0. The number of hydrogen-bond donors (Lipinski definition) is 1. The van der Waals surface area contributed by atoms with Gasteiger partial charge in [-0.25, -0.2) is 14.2 Å². The Labute approximate surface area is 174 Å². The number of rotatable bonds is 6. The van der Waals surface area contributed by atoms with Crippen molar-refractivity contribution in [3.63, 3.8) is 0 Å². The SMILES string of the molecule is Cc1ccc(OCc2ccc(F)cc2)c(C2CCCC2c2cncc(C(=O)O)n2)c1. The van der Waals surface area contributed by atoms with Crippen LogP contribution in [0.1, 0.15) is 64.0 Å². The van der Waals surface area contributed by atoms with Crippen LogP contribution in [0.5, 0.6) is 5.75 Å². The monoisotopic (exact) mass is 406 g/mol. The lowest BCUT2D eigenvalue weighted by Crippen LogP contribution is -2.12. The molecule has 0 amide bonds. The van der Waals surface area contributed by atoms with E-state index in [4.69, 9.17) is 4.74 Å². The van der Waals surface area contributed by atoms with Crippen molar-refractivity contribution in [2.75, 3.05) is 0 Å². The number of carboxylic acid groups (broad SMARTS) is 1. The molecule has 2 atom stereocenters. The number of aromatic carboxylic acids is 1. The van der Waals surface area contributed by atoms with Crippen molar-refractivity contribution < 1.29 is 19.0 Å². The third-order valence-corrected chi connectivity index (χ3v) is 5.64. The summed E-state index contributed by atoms with van der Waals surface area (Å²) in [6, 6.07) is 12.4. The predicted molar refractivity (Wildman–Crippen MR) is 110 cm³/mol. The van der Waals surface area contributed by atoms with Crippen molar-refractivity contribution in [2.45, 2.75) is 44.6 Å². The molecular formula is C24H23FN2O3. The van der Waals surface area contributed by atoms with Crippen LogP contribution in [0.25, 0.3) is 0 Å². The van der Waals surface area contributed by atoms with Crippen LogP contribution in [0.4, 0.5) is 4.39 Å². The van der Waals surface area contributed by atoms with E-state index in [2.05, 4.69) is 16.0 Å². The number of hydrogen-bond acceptors (Lipinski definition) is 4. The van der Waals surface area contributed by atoms with Crippen molar-refractivity contribution >= 4 is 5.97 Å². The quantitative estimate of drug-likeness (QED) is 0.605. The van der Waals surface area contributed by atoms with E-state index in [1.165, 1.54) is 18.3 Å². The zero-order chi connectivity index (χ0) is 21.1. The van der Waals surface area contributed by atoms with E-state index in [1.807, 2.05) is 19.1 Å². The molecule has 154 valence electrons. The molecule has 2 aromatic carbocycles. The van der Waals surface area contributed by atoms with E-state index < -0.39 is 5.97 Å². The molecule has 30 heavy (non-hydrogen) atoms. The fourth-order valence-corrected chi connectivity index (χ4v) is 4.18. The van der Waals surface area contributed by atoms with Crippen LogP contribution in [-0.4, -0.2) is 21.0 Å². The van der Waals surface area contributed by atoms with Crippen LogP contribution in [0.3, 0.4) is 0 Å². The molecule has 0 spiro atoms. The number of nitrogens with zero attached hydrogens (tertiary/aromatic N) is 2. The van der Waals surface area contributed by atoms with Crippen molar-refractivity contribution in [1.82, 2.24) is 9.97 Å². The van der Waals surface area contributed by atoms with E-state index >= 15 is 0 Å². The van der Waals surface area contributed by atoms with E-state index in [1.54, 1.807) is 18.3 Å². The normalized spacial score (nSPS) is 18.3. The number of benzene rings is 2. The fraction of sp³-hybridized carbons (Fsp3) is 0.292. The topological polar surface area (TPSA) is 72.3 Å². The van der Waals surface area contributed by atoms with Gasteiger partial charge in [-0.1, -0.05) is 36.2 Å². The van der Waals surface area contributed by atoms with Gasteiger partial charge in [-0.05, 0) is 55.0 Å². The molecule has 0 bridgehead atoms. The first-order valence-corrected chi connectivity index (χ1v) is 10.0. The minimum atomic E-state index is -1.07. The first kappa shape index (κ1) is 20.0. The van der Waals surface area contributed by atoms with Crippen molar-refractivity contribution in [2.24, 2.45) is 0 Å². The van der Waals surface area contributed by atoms with Gasteiger partial charge in [-0.2, -0.15) is 0 Å². The molecule has 0 aliphatic heterocycles. The molecule has 1 saturated carbocycles. The lowest BCUT2D eigenvalue weighted by molar-refractivity contribution is 0.0689. The van der Waals surface area contributed by atoms with Gasteiger partial charge in [-0.15, -0.1) is 0 Å². The summed E-state index contributed by atoms with van der Waals surface area (Å²) < 4.78 is 19.3. The molecular weight excluding hydrogens is 383 g/mol. The van der Waals surface area contributed by atoms with E-state index in [9.17, 15) is 14.3 Å². The lowest BCUT2D eigenvalue weighted by Gasteiger charge is -2.23. The molecule has 4 rings (SSSR count). The van der Waals surface area contributed by atoms with E-state index in [0.717, 1.165) is 41.7 Å². The third kappa shape index (κ3) is 4.32. The molecule has 0 saturated heterocycles. The van der Waals surface area contributed by atoms with Gasteiger partial charge in [0.1, 0.15) is 18.2 Å². The lowest BCUT2D eigenvalue weighted by atomic mass is 9.85. The summed E-state index contributed by atoms with van der Waals surface area (Å²) in [4.78, 5) is 19.8. The second-order valence-electron chi connectivity index (χ2n) is 7.73. The Hall–Kier alpha value is -3.28. The van der Waals surface area contributed by atoms with Gasteiger partial charge in [0, 0.05) is 12.1 Å². The fourth-order valence-electron chi connectivity index (χ4n) is 4.18. The van der Waals surface area contributed by atoms with Crippen molar-refractivity contribution in [3.05, 3.63) is 88.8 Å². The maximum absolute atomic E-state index is 13.2. The number of halogens is 1. The number of aromatic nitrogens is 2. The Bertz CT molecular complexity index is 1050. The van der Waals surface area contributed by atoms with E-state index in [-0.39, 0.29) is 23.3 Å². The standard InChI is InChI=1S/C24H23FN2O3/c1-15-5-10-23(30-14-16-6-8-17(25)9-7-16)20(11-15)18-3-2-4-19(18)21-12-26-13-22(27-21)24(28)29/h5-13,18-19H,2-4,14H2,1H3,(H,28,29). The van der Waals surface area contributed by atoms with Gasteiger partial charge in [-0.3, -0.25) is 4.98 Å². The van der Waals surface area contributed by atoms with Gasteiger partial charge < -0.3 is 9.84 Å². The predicted octanol–water partition coefficient (Wildman–Crippen LogP) is 5.25. The molecule has 3 aromatic rings. The number of aryl methyl sites for hydroxylation is 1. The van der Waals surface area contributed by atoms with Gasteiger partial charge in [0.25, 0.3) is 0 Å². The van der Waals surface area contributed by atoms with Crippen LogP contribution in [0, 0.1) is 12.7 Å². The van der Waals surface area contributed by atoms with Gasteiger partial charge >= 0.3 is 5.97 Å². The number of ether oxygens (including phenoxy) is 1. The van der Waals surface area contributed by atoms with Crippen molar-refractivity contribution in [3.8, 4) is 5.75 Å². The third-order valence-electron chi connectivity index (χ3n) is 5.64. The van der Waals surface area contributed by atoms with Crippen LogP contribution in [0.15, 0.2) is 54.9 Å². The molecule has 0 radical (unpaired) electrons. The zero-order valence-electron chi connectivity index (χ0n) is 16.7. The summed E-state index contributed by atoms with van der Waals surface area (Å²) in [6.45, 7) is 2.39. The molecule has 6 heteroatoms. The van der Waals surface area contributed by atoms with Crippen LogP contribution < -0.4 is 4.74 Å². The number of carbonyl (C=O) groups is 1. The highest BCUT2D eigenvalue weighted by Crippen LogP contribution is 2.48. The second kappa shape index (κ2) is 8.61. The van der Waals surface area contributed by atoms with E-state index in [0.29, 0.717) is 12.3 Å². The maximum atomic E-state index is 13.2. The Kier molecular flexibility index (Phi) is 5.74. The van der Waals surface area contributed by atoms with Crippen LogP contribution >= 0.6 is 0 Å². The van der Waals surface area contributed by atoms with Crippen LogP contribution in [-0.2, 0) is 6.61 Å². The highest BCUT2D eigenvalue weighted by molar-refractivity contribution is 5.84. The average Bonchev–Trinajstić information content (AvgIpc) is 3.24. The Morgan fingerprint density at radius 1 is 1.13 bits per heavy atom. The largest absolute Gasteiger partial charge is 0.489 e. The molecule has 1 fully saturated rings. The average molecular weight is 406 g/mol. The Morgan fingerprint density at radius 3 is 2.67 bits per heavy atom. The zero-order valence-corrected chi connectivity index (χ0v) is 16.7. The molecule has 1 aliphatic carbocycles. The molecule has 1 N–H and O–H groups in total. The summed E-state index contributed by atoms with van der Waals surface area (Å²) >= 11 is 0. The van der Waals surface area contributed by atoms with Gasteiger partial charge in [0.15, 0.2) is 5.69 Å². The Morgan fingerprint density at radius 2 is 1.90 bits per heavy atom. The summed E-state index contributed by atoms with van der Waals surface area (Å²) in [5.74, 6) is -0.284. The highest BCUT2D eigenvalue weighted by atomic mass is 19.1. The molecule has 1 heterocycles. The Balaban J connectivity index is 1.62. The van der Waals surface area contributed by atoms with Gasteiger partial charge in [0.2, 0.25) is 0 Å². The number of carboxylic acids is 1. The second-order valence-corrected chi connectivity index (χ2v) is 7.73. The highest BCUT2D eigenvalue weighted by Gasteiger charge is 2.33. The van der Waals surface area contributed by atoms with Crippen LogP contribution in [0.2, 0.25) is 0 Å².